The predicted molar refractivity (Wildman–Crippen MR) is 58.7 cm³/mol. The Morgan fingerprint density at radius 2 is 2.18 bits per heavy atom. The number of primary sulfonamides is 1. The summed E-state index contributed by atoms with van der Waals surface area (Å²) in [6.07, 6.45) is 0. The fraction of sp³-hybridized carbons (Fsp3) is 0.111. The predicted octanol–water partition coefficient (Wildman–Crippen LogP) is 0.668. The lowest BCUT2D eigenvalue weighted by Gasteiger charge is -2.04. The van der Waals surface area contributed by atoms with E-state index in [1.807, 2.05) is 0 Å². The minimum atomic E-state index is -4.01. The van der Waals surface area contributed by atoms with E-state index in [-0.39, 0.29) is 15.5 Å². The molecule has 1 rings (SSSR count). The summed E-state index contributed by atoms with van der Waals surface area (Å²) in [6, 6.07) is 5.10. The maximum absolute atomic E-state index is 11.3. The molecule has 0 amide bonds. The third-order valence-electron chi connectivity index (χ3n) is 1.74. The first-order chi connectivity index (χ1) is 7.86. The number of carbonyl (C=O) groups is 1. The lowest BCUT2D eigenvalue weighted by molar-refractivity contribution is 0.0554. The van der Waals surface area contributed by atoms with E-state index in [2.05, 4.69) is 4.74 Å². The van der Waals surface area contributed by atoms with Gasteiger partial charge in [-0.1, -0.05) is 11.6 Å². The molecule has 0 saturated heterocycles. The molecule has 0 aromatic heterocycles. The molecule has 1 aromatic rings. The second-order valence-corrected chi connectivity index (χ2v) is 4.86. The van der Waals surface area contributed by atoms with E-state index in [9.17, 15) is 13.2 Å². The van der Waals surface area contributed by atoms with Crippen molar-refractivity contribution in [1.82, 2.24) is 0 Å². The maximum Gasteiger partial charge on any atom is 0.339 e. The van der Waals surface area contributed by atoms with Crippen molar-refractivity contribution in [3.8, 4) is 6.07 Å². The first-order valence-electron chi connectivity index (χ1n) is 4.22. The minimum Gasteiger partial charge on any atom is -0.447 e. The van der Waals surface area contributed by atoms with Crippen molar-refractivity contribution >= 4 is 27.6 Å². The van der Waals surface area contributed by atoms with Crippen molar-refractivity contribution in [3.63, 3.8) is 0 Å². The number of carbonyl (C=O) groups excluding carboxylic acids is 1. The van der Waals surface area contributed by atoms with E-state index >= 15 is 0 Å². The van der Waals surface area contributed by atoms with E-state index in [0.29, 0.717) is 0 Å². The summed E-state index contributed by atoms with van der Waals surface area (Å²) in [6.45, 7) is -0.424. The highest BCUT2D eigenvalue weighted by Gasteiger charge is 2.16. The number of benzene rings is 1. The van der Waals surface area contributed by atoms with E-state index in [1.165, 1.54) is 12.1 Å². The molecule has 2 N–H and O–H groups in total. The van der Waals surface area contributed by atoms with Crippen molar-refractivity contribution < 1.29 is 17.9 Å². The molecule has 0 unspecified atom stereocenters. The fourth-order valence-corrected chi connectivity index (χ4v) is 2.10. The first kappa shape index (κ1) is 13.4. The largest absolute Gasteiger partial charge is 0.447 e. The van der Waals surface area contributed by atoms with Crippen LogP contribution in [-0.4, -0.2) is 21.0 Å². The topological polar surface area (TPSA) is 110 Å². The molecule has 0 fully saturated rings. The quantitative estimate of drug-likeness (QED) is 0.814. The smallest absolute Gasteiger partial charge is 0.339 e. The summed E-state index contributed by atoms with van der Waals surface area (Å²) in [5.41, 5.74) is -0.0475. The molecule has 6 nitrogen and oxygen atoms in total. The van der Waals surface area contributed by atoms with Gasteiger partial charge >= 0.3 is 5.97 Å². The van der Waals surface area contributed by atoms with Gasteiger partial charge in [-0.15, -0.1) is 0 Å². The van der Waals surface area contributed by atoms with Crippen molar-refractivity contribution in [2.45, 2.75) is 4.90 Å². The molecular formula is C9H7ClN2O4S. The van der Waals surface area contributed by atoms with Crippen LogP contribution in [0.25, 0.3) is 0 Å². The summed E-state index contributed by atoms with van der Waals surface area (Å²) in [5.74, 6) is -0.826. The van der Waals surface area contributed by atoms with Crippen molar-refractivity contribution in [1.29, 1.82) is 5.26 Å². The van der Waals surface area contributed by atoms with Gasteiger partial charge in [-0.3, -0.25) is 0 Å². The van der Waals surface area contributed by atoms with Gasteiger partial charge in [0, 0.05) is 0 Å². The Balaban J connectivity index is 3.14. The average molecular weight is 275 g/mol. The molecule has 0 atom stereocenters. The molecule has 90 valence electrons. The van der Waals surface area contributed by atoms with Crippen LogP contribution < -0.4 is 5.14 Å². The number of sulfonamides is 1. The Morgan fingerprint density at radius 1 is 1.53 bits per heavy atom. The summed E-state index contributed by atoms with van der Waals surface area (Å²) in [4.78, 5) is 11.0. The Labute approximate surface area is 103 Å². The van der Waals surface area contributed by atoms with Crippen LogP contribution in [0.5, 0.6) is 0 Å². The highest BCUT2D eigenvalue weighted by Crippen LogP contribution is 2.21. The monoisotopic (exact) mass is 274 g/mol. The van der Waals surface area contributed by atoms with Crippen LogP contribution in [0.4, 0.5) is 0 Å². The SMILES string of the molecule is N#CCOC(=O)c1ccc(Cl)c(S(N)(=O)=O)c1. The number of esters is 1. The lowest BCUT2D eigenvalue weighted by Crippen LogP contribution is -2.14. The van der Waals surface area contributed by atoms with Crippen LogP contribution >= 0.6 is 11.6 Å². The van der Waals surface area contributed by atoms with E-state index in [4.69, 9.17) is 22.0 Å². The van der Waals surface area contributed by atoms with Crippen LogP contribution in [0.2, 0.25) is 5.02 Å². The van der Waals surface area contributed by atoms with Crippen LogP contribution in [-0.2, 0) is 14.8 Å². The lowest BCUT2D eigenvalue weighted by atomic mass is 10.2. The van der Waals surface area contributed by atoms with Gasteiger partial charge in [0.05, 0.1) is 10.6 Å². The Morgan fingerprint density at radius 3 is 2.71 bits per heavy atom. The van der Waals surface area contributed by atoms with Gasteiger partial charge in [0.2, 0.25) is 10.0 Å². The third-order valence-corrected chi connectivity index (χ3v) is 3.13. The number of nitrogens with two attached hydrogens (primary N) is 1. The van der Waals surface area contributed by atoms with Crippen molar-refractivity contribution in [2.75, 3.05) is 6.61 Å². The van der Waals surface area contributed by atoms with Gasteiger partial charge in [0.1, 0.15) is 11.0 Å². The van der Waals surface area contributed by atoms with Crippen LogP contribution in [0.15, 0.2) is 23.1 Å². The second kappa shape index (κ2) is 5.14. The standard InChI is InChI=1S/C9H7ClN2O4S/c10-7-2-1-6(9(13)16-4-3-11)5-8(7)17(12,14)15/h1-2,5H,4H2,(H2,12,14,15). The molecule has 0 bridgehead atoms. The van der Waals surface area contributed by atoms with Gasteiger partial charge in [-0.05, 0) is 18.2 Å². The fourth-order valence-electron chi connectivity index (χ4n) is 1.03. The molecule has 0 saturated carbocycles. The normalized spacial score (nSPS) is 10.6. The average Bonchev–Trinajstić information content (AvgIpc) is 2.25. The van der Waals surface area contributed by atoms with Gasteiger partial charge in [0.15, 0.2) is 6.61 Å². The molecule has 0 aliphatic rings. The highest BCUT2D eigenvalue weighted by molar-refractivity contribution is 7.89. The molecule has 0 aliphatic heterocycles. The Bertz CT molecular complexity index is 592. The van der Waals surface area contributed by atoms with Gasteiger partial charge in [-0.25, -0.2) is 18.4 Å². The molecule has 0 spiro atoms. The number of nitrogens with zero attached hydrogens (tertiary/aromatic N) is 1. The highest BCUT2D eigenvalue weighted by atomic mass is 35.5. The summed E-state index contributed by atoms with van der Waals surface area (Å²) in [7, 11) is -4.01. The van der Waals surface area contributed by atoms with E-state index < -0.39 is 22.6 Å². The van der Waals surface area contributed by atoms with E-state index in [0.717, 1.165) is 6.07 Å². The number of rotatable bonds is 3. The summed E-state index contributed by atoms with van der Waals surface area (Å²) >= 11 is 5.63. The van der Waals surface area contributed by atoms with Crippen molar-refractivity contribution in [2.24, 2.45) is 5.14 Å². The number of hydrogen-bond acceptors (Lipinski definition) is 5. The van der Waals surface area contributed by atoms with Crippen LogP contribution in [0, 0.1) is 11.3 Å². The minimum absolute atomic E-state index is 0.0475. The molecule has 0 radical (unpaired) electrons. The zero-order valence-corrected chi connectivity index (χ0v) is 9.96. The maximum atomic E-state index is 11.3. The third kappa shape index (κ3) is 3.42. The zero-order chi connectivity index (χ0) is 13.1. The van der Waals surface area contributed by atoms with E-state index in [1.54, 1.807) is 6.07 Å². The Hall–Kier alpha value is -1.62. The van der Waals surface area contributed by atoms with Crippen LogP contribution in [0.3, 0.4) is 0 Å². The molecule has 17 heavy (non-hydrogen) atoms. The van der Waals surface area contributed by atoms with Crippen molar-refractivity contribution in [3.05, 3.63) is 28.8 Å². The molecule has 0 aliphatic carbocycles. The number of nitriles is 1. The molecular weight excluding hydrogens is 268 g/mol. The Kier molecular flexibility index (Phi) is 4.07. The molecule has 0 heterocycles. The van der Waals surface area contributed by atoms with Gasteiger partial charge in [0.25, 0.3) is 0 Å². The van der Waals surface area contributed by atoms with Gasteiger partial charge in [-0.2, -0.15) is 5.26 Å². The zero-order valence-electron chi connectivity index (χ0n) is 8.38. The number of halogens is 1. The number of ether oxygens (including phenoxy) is 1. The van der Waals surface area contributed by atoms with Crippen LogP contribution in [0.1, 0.15) is 10.4 Å². The number of hydrogen-bond donors (Lipinski definition) is 1. The second-order valence-electron chi connectivity index (χ2n) is 2.92. The van der Waals surface area contributed by atoms with Gasteiger partial charge < -0.3 is 4.74 Å². The summed E-state index contributed by atoms with van der Waals surface area (Å²) in [5, 5.41) is 13.0. The molecule has 1 aromatic carbocycles. The first-order valence-corrected chi connectivity index (χ1v) is 6.15. The summed E-state index contributed by atoms with van der Waals surface area (Å²) < 4.78 is 26.8. The molecule has 8 heteroatoms.